The average molecular weight is 540 g/mol. The molecule has 1 spiro atoms. The minimum Gasteiger partial charge on any atom is -0.459 e. The van der Waals surface area contributed by atoms with Gasteiger partial charge in [-0.15, -0.1) is 11.3 Å². The molecular formula is C28H37N5O4S. The van der Waals surface area contributed by atoms with Crippen molar-refractivity contribution in [3.05, 3.63) is 36.2 Å². The summed E-state index contributed by atoms with van der Waals surface area (Å²) in [6.45, 7) is 9.36. The maximum absolute atomic E-state index is 13.7. The van der Waals surface area contributed by atoms with Crippen LogP contribution in [0.25, 0.3) is 10.4 Å². The summed E-state index contributed by atoms with van der Waals surface area (Å²) in [5.41, 5.74) is 0.617. The van der Waals surface area contributed by atoms with Crippen LogP contribution in [0.15, 0.2) is 30.6 Å². The van der Waals surface area contributed by atoms with Gasteiger partial charge in [0.15, 0.2) is 0 Å². The molecule has 5 rings (SSSR count). The molecule has 2 N–H and O–H groups in total. The van der Waals surface area contributed by atoms with Crippen LogP contribution in [0.4, 0.5) is 9.80 Å². The van der Waals surface area contributed by atoms with E-state index < -0.39 is 11.0 Å². The number of hydrogen-bond donors (Lipinski definition) is 2. The first kappa shape index (κ1) is 26.6. The molecule has 5 heterocycles. The molecule has 1 unspecified atom stereocenters. The Bertz CT molecular complexity index is 1190. The van der Waals surface area contributed by atoms with Crippen LogP contribution in [-0.2, 0) is 9.53 Å². The molecule has 0 saturated carbocycles. The van der Waals surface area contributed by atoms with Crippen molar-refractivity contribution < 1.29 is 19.1 Å². The minimum atomic E-state index is -0.398. The Kier molecular flexibility index (Phi) is 7.46. The number of amides is 3. The highest BCUT2D eigenvalue weighted by atomic mass is 32.1. The number of urea groups is 1. The molecule has 204 valence electrons. The van der Waals surface area contributed by atoms with E-state index in [1.807, 2.05) is 43.9 Å². The van der Waals surface area contributed by atoms with Gasteiger partial charge >= 0.3 is 12.0 Å². The van der Waals surface area contributed by atoms with Crippen molar-refractivity contribution in [2.24, 2.45) is 5.41 Å². The summed E-state index contributed by atoms with van der Waals surface area (Å²) < 4.78 is 5.71. The number of carbonyl (C=O) groups is 3. The van der Waals surface area contributed by atoms with E-state index in [-0.39, 0.29) is 17.9 Å². The molecule has 9 nitrogen and oxygen atoms in total. The van der Waals surface area contributed by atoms with Gasteiger partial charge in [0.05, 0.1) is 11.0 Å². The van der Waals surface area contributed by atoms with Gasteiger partial charge in [-0.1, -0.05) is 6.07 Å². The number of nitrogens with one attached hydrogen (secondary N) is 2. The van der Waals surface area contributed by atoms with Crippen molar-refractivity contribution >= 4 is 34.2 Å². The number of carbonyl (C=O) groups excluding carboxylic acids is 3. The summed E-state index contributed by atoms with van der Waals surface area (Å²) >= 11 is 1.38. The summed E-state index contributed by atoms with van der Waals surface area (Å²) in [7, 11) is 0. The van der Waals surface area contributed by atoms with Gasteiger partial charge in [0.1, 0.15) is 10.6 Å². The highest BCUT2D eigenvalue weighted by Gasteiger charge is 2.54. The van der Waals surface area contributed by atoms with Crippen molar-refractivity contribution in [3.8, 4) is 10.4 Å². The third-order valence-electron chi connectivity index (χ3n) is 7.91. The van der Waals surface area contributed by atoms with Gasteiger partial charge < -0.3 is 15.0 Å². The predicted octanol–water partition coefficient (Wildman–Crippen LogP) is 4.36. The van der Waals surface area contributed by atoms with Gasteiger partial charge in [0.25, 0.3) is 5.91 Å². The number of aromatic nitrogens is 1. The van der Waals surface area contributed by atoms with E-state index >= 15 is 0 Å². The number of hydrogen-bond acceptors (Lipinski definition) is 7. The zero-order chi connectivity index (χ0) is 26.9. The number of anilines is 1. The number of esters is 1. The van der Waals surface area contributed by atoms with E-state index in [9.17, 15) is 14.4 Å². The van der Waals surface area contributed by atoms with Crippen LogP contribution in [0.1, 0.15) is 63.2 Å². The zero-order valence-electron chi connectivity index (χ0n) is 22.4. The van der Waals surface area contributed by atoms with Gasteiger partial charge in [-0.3, -0.25) is 24.8 Å². The molecule has 3 saturated heterocycles. The zero-order valence-corrected chi connectivity index (χ0v) is 23.2. The quantitative estimate of drug-likeness (QED) is 0.547. The summed E-state index contributed by atoms with van der Waals surface area (Å²) in [5.74, 6) is -0.119. The lowest BCUT2D eigenvalue weighted by Gasteiger charge is -2.44. The number of piperidine rings is 2. The molecule has 3 amide bonds. The lowest BCUT2D eigenvalue weighted by atomic mass is 9.74. The summed E-state index contributed by atoms with van der Waals surface area (Å²) in [4.78, 5) is 48.2. The largest absolute Gasteiger partial charge is 0.459 e. The molecule has 0 aromatic carbocycles. The van der Waals surface area contributed by atoms with E-state index in [1.54, 1.807) is 12.4 Å². The molecule has 1 atom stereocenters. The van der Waals surface area contributed by atoms with Crippen LogP contribution < -0.4 is 10.6 Å². The fourth-order valence-electron chi connectivity index (χ4n) is 6.28. The van der Waals surface area contributed by atoms with E-state index in [0.717, 1.165) is 55.6 Å². The third-order valence-corrected chi connectivity index (χ3v) is 9.01. The number of ether oxygens (including phenoxy) is 1. The Hall–Kier alpha value is -2.98. The van der Waals surface area contributed by atoms with Gasteiger partial charge in [-0.05, 0) is 65.1 Å². The Morgan fingerprint density at radius 3 is 2.68 bits per heavy atom. The second-order valence-corrected chi connectivity index (χ2v) is 12.3. The lowest BCUT2D eigenvalue weighted by Crippen LogP contribution is -2.53. The van der Waals surface area contributed by atoms with Crippen LogP contribution in [0.2, 0.25) is 0 Å². The smallest absolute Gasteiger partial charge is 0.319 e. The second kappa shape index (κ2) is 10.6. The number of cyclic esters (lactones) is 1. The Labute approximate surface area is 227 Å². The summed E-state index contributed by atoms with van der Waals surface area (Å²) in [6.07, 6.45) is 7.84. The molecule has 3 fully saturated rings. The Balaban J connectivity index is 1.27. The molecule has 2 aromatic heterocycles. The third kappa shape index (κ3) is 5.42. The van der Waals surface area contributed by atoms with Gasteiger partial charge in [-0.25, -0.2) is 4.79 Å². The van der Waals surface area contributed by atoms with Crippen LogP contribution in [0.5, 0.6) is 0 Å². The first-order valence-corrected chi connectivity index (χ1v) is 14.4. The molecule has 0 bridgehead atoms. The highest BCUT2D eigenvalue weighted by molar-refractivity contribution is 7.20. The minimum absolute atomic E-state index is 0.0474. The fourth-order valence-corrected chi connectivity index (χ4v) is 7.31. The van der Waals surface area contributed by atoms with Crippen LogP contribution >= 0.6 is 11.3 Å². The number of pyridine rings is 1. The van der Waals surface area contributed by atoms with Crippen molar-refractivity contribution in [2.45, 2.75) is 64.5 Å². The molecule has 2 aromatic rings. The SMILES string of the molecule is CCNC(=O)Nc1sc(-c2cccnc2)cc1C(=O)N1CCC(N2CCCC3(C2)CC(C)(C)OC3=O)CC1. The first-order valence-electron chi connectivity index (χ1n) is 13.6. The predicted molar refractivity (Wildman–Crippen MR) is 147 cm³/mol. The van der Waals surface area contributed by atoms with Crippen LogP contribution in [-0.4, -0.2) is 77.1 Å². The van der Waals surface area contributed by atoms with Crippen molar-refractivity contribution in [2.75, 3.05) is 38.0 Å². The maximum Gasteiger partial charge on any atom is 0.319 e. The Morgan fingerprint density at radius 2 is 2.03 bits per heavy atom. The summed E-state index contributed by atoms with van der Waals surface area (Å²) in [6, 6.07) is 5.68. The molecular weight excluding hydrogens is 502 g/mol. The topological polar surface area (TPSA) is 104 Å². The van der Waals surface area contributed by atoms with Gasteiger partial charge in [0, 0.05) is 61.5 Å². The van der Waals surface area contributed by atoms with Crippen molar-refractivity contribution in [3.63, 3.8) is 0 Å². The van der Waals surface area contributed by atoms with Gasteiger partial charge in [-0.2, -0.15) is 0 Å². The highest BCUT2D eigenvalue weighted by Crippen LogP contribution is 2.47. The van der Waals surface area contributed by atoms with E-state index in [0.29, 0.717) is 36.2 Å². The summed E-state index contributed by atoms with van der Waals surface area (Å²) in [5, 5.41) is 6.15. The molecule has 3 aliphatic heterocycles. The monoisotopic (exact) mass is 539 g/mol. The first-order chi connectivity index (χ1) is 18.2. The fraction of sp³-hybridized carbons (Fsp3) is 0.571. The molecule has 0 radical (unpaired) electrons. The lowest BCUT2D eigenvalue weighted by molar-refractivity contribution is -0.154. The maximum atomic E-state index is 13.7. The van der Waals surface area contributed by atoms with Gasteiger partial charge in [0.2, 0.25) is 0 Å². The van der Waals surface area contributed by atoms with Crippen LogP contribution in [0.3, 0.4) is 0 Å². The number of thiophene rings is 1. The Morgan fingerprint density at radius 1 is 1.24 bits per heavy atom. The van der Waals surface area contributed by atoms with E-state index in [4.69, 9.17) is 4.74 Å². The normalized spacial score (nSPS) is 23.9. The molecule has 0 aliphatic carbocycles. The number of nitrogens with zero attached hydrogens (tertiary/aromatic N) is 3. The average Bonchev–Trinajstić information content (AvgIpc) is 3.41. The van der Waals surface area contributed by atoms with Crippen LogP contribution in [0, 0.1) is 5.41 Å². The van der Waals surface area contributed by atoms with Crippen molar-refractivity contribution in [1.29, 1.82) is 0 Å². The molecule has 3 aliphatic rings. The standard InChI is InChI=1S/C28H37N5O4S/c1-4-30-26(36)31-23-21(15-22(38-23)19-7-5-11-29-16-19)24(34)32-13-8-20(9-14-32)33-12-6-10-28(18-33)17-27(2,3)37-25(28)35/h5,7,11,15-16,20H,4,6,8-10,12-14,17-18H2,1-3H3,(H2,30,31,36). The van der Waals surface area contributed by atoms with E-state index in [1.165, 1.54) is 11.3 Å². The molecule has 10 heteroatoms. The molecule has 38 heavy (non-hydrogen) atoms. The second-order valence-electron chi connectivity index (χ2n) is 11.3. The van der Waals surface area contributed by atoms with Crippen molar-refractivity contribution in [1.82, 2.24) is 20.1 Å². The van der Waals surface area contributed by atoms with E-state index in [2.05, 4.69) is 20.5 Å². The number of rotatable bonds is 5. The number of likely N-dealkylation sites (tertiary alicyclic amines) is 2.